The second-order valence-corrected chi connectivity index (χ2v) is 5.06. The van der Waals surface area contributed by atoms with E-state index in [1.54, 1.807) is 0 Å². The molecule has 0 atom stereocenters. The topological polar surface area (TPSA) is 41.9 Å². The molecule has 0 aliphatic carbocycles. The zero-order valence-corrected chi connectivity index (χ0v) is 12.0. The van der Waals surface area contributed by atoms with Gasteiger partial charge >= 0.3 is 5.97 Å². The van der Waals surface area contributed by atoms with Gasteiger partial charge in [-0.2, -0.15) is 0 Å². The smallest absolute Gasteiger partial charge is 0.318 e. The highest BCUT2D eigenvalue weighted by Gasteiger charge is 2.12. The molecule has 20 heavy (non-hydrogen) atoms. The van der Waals surface area contributed by atoms with Crippen LogP contribution in [0.25, 0.3) is 0 Å². The number of benzene rings is 1. The van der Waals surface area contributed by atoms with E-state index in [1.165, 1.54) is 0 Å². The molecule has 0 bridgehead atoms. The zero-order valence-electron chi connectivity index (χ0n) is 12.0. The second kappa shape index (κ2) is 7.01. The monoisotopic (exact) mass is 272 g/mol. The zero-order chi connectivity index (χ0) is 14.4. The van der Waals surface area contributed by atoms with Gasteiger partial charge in [0.1, 0.15) is 0 Å². The highest BCUT2D eigenvalue weighted by Crippen LogP contribution is 2.10. The van der Waals surface area contributed by atoms with Crippen molar-refractivity contribution in [1.29, 1.82) is 0 Å². The van der Waals surface area contributed by atoms with Gasteiger partial charge in [-0.05, 0) is 31.5 Å². The predicted octanol–water partition coefficient (Wildman–Crippen LogP) is 2.41. The van der Waals surface area contributed by atoms with Crippen LogP contribution in [0.2, 0.25) is 0 Å². The second-order valence-electron chi connectivity index (χ2n) is 5.06. The third kappa shape index (κ3) is 4.31. The van der Waals surface area contributed by atoms with Crippen molar-refractivity contribution >= 4 is 11.7 Å². The van der Waals surface area contributed by atoms with E-state index in [9.17, 15) is 4.79 Å². The Morgan fingerprint density at radius 3 is 2.80 bits per heavy atom. The summed E-state index contributed by atoms with van der Waals surface area (Å²) in [6, 6.07) is 9.52. The molecule has 0 saturated heterocycles. The number of rotatable bonds is 4. The van der Waals surface area contributed by atoms with Gasteiger partial charge in [0.2, 0.25) is 0 Å². The van der Waals surface area contributed by atoms with Crippen LogP contribution in [0.15, 0.2) is 47.1 Å². The van der Waals surface area contributed by atoms with E-state index in [0.717, 1.165) is 36.4 Å². The Labute approximate surface area is 119 Å². The maximum atomic E-state index is 11.7. The average Bonchev–Trinajstić information content (AvgIpc) is 2.46. The fraction of sp³-hybridized carbons (Fsp3) is 0.375. The van der Waals surface area contributed by atoms with Crippen molar-refractivity contribution in [3.63, 3.8) is 0 Å². The Kier molecular flexibility index (Phi) is 5.07. The van der Waals surface area contributed by atoms with Gasteiger partial charge in [0.05, 0.1) is 12.1 Å². The summed E-state index contributed by atoms with van der Waals surface area (Å²) in [4.78, 5) is 18.9. The Bertz CT molecular complexity index is 521. The summed E-state index contributed by atoms with van der Waals surface area (Å²) in [6.45, 7) is 3.79. The number of carbonyl (C=O) groups is 1. The van der Waals surface area contributed by atoms with Gasteiger partial charge in [-0.1, -0.05) is 41.6 Å². The molecule has 0 aromatic heterocycles. The van der Waals surface area contributed by atoms with Crippen molar-refractivity contribution in [3.8, 4) is 0 Å². The van der Waals surface area contributed by atoms with Crippen molar-refractivity contribution < 1.29 is 9.63 Å². The van der Waals surface area contributed by atoms with Crippen LogP contribution in [-0.2, 0) is 16.1 Å². The minimum Gasteiger partial charge on any atom is -0.318 e. The number of hydrogen-bond acceptors (Lipinski definition) is 4. The molecule has 1 aromatic carbocycles. The van der Waals surface area contributed by atoms with Crippen LogP contribution < -0.4 is 0 Å². The summed E-state index contributed by atoms with van der Waals surface area (Å²) in [5.74, 6) is -0.333. The van der Waals surface area contributed by atoms with Crippen molar-refractivity contribution in [1.82, 2.24) is 4.90 Å². The quantitative estimate of drug-likeness (QED) is 0.480. The van der Waals surface area contributed by atoms with Gasteiger partial charge < -0.3 is 9.74 Å². The summed E-state index contributed by atoms with van der Waals surface area (Å²) >= 11 is 0. The molecule has 1 aliphatic heterocycles. The minimum atomic E-state index is -0.333. The first-order valence-corrected chi connectivity index (χ1v) is 6.81. The van der Waals surface area contributed by atoms with Crippen molar-refractivity contribution in [2.45, 2.75) is 19.8 Å². The lowest BCUT2D eigenvalue weighted by atomic mass is 10.1. The van der Waals surface area contributed by atoms with Gasteiger partial charge in [-0.3, -0.25) is 0 Å². The Morgan fingerprint density at radius 2 is 2.10 bits per heavy atom. The summed E-state index contributed by atoms with van der Waals surface area (Å²) in [7, 11) is 2.07. The van der Waals surface area contributed by atoms with Crippen LogP contribution >= 0.6 is 0 Å². The van der Waals surface area contributed by atoms with E-state index < -0.39 is 0 Å². The summed E-state index contributed by atoms with van der Waals surface area (Å²) in [5, 5.41) is 3.95. The fourth-order valence-corrected chi connectivity index (χ4v) is 2.13. The molecule has 1 heterocycles. The molecule has 4 heteroatoms. The van der Waals surface area contributed by atoms with Crippen LogP contribution in [0.1, 0.15) is 18.9 Å². The SMILES string of the molecule is C/C(=N\OC(=O)Cc1ccccc1)C1=CCCN(C)C1. The molecule has 1 aromatic rings. The molecule has 0 fully saturated rings. The fourth-order valence-electron chi connectivity index (χ4n) is 2.13. The van der Waals surface area contributed by atoms with Gasteiger partial charge in [0.25, 0.3) is 0 Å². The largest absolute Gasteiger partial charge is 0.339 e. The number of carbonyl (C=O) groups excluding carboxylic acids is 1. The predicted molar refractivity (Wildman–Crippen MR) is 79.5 cm³/mol. The minimum absolute atomic E-state index is 0.247. The normalized spacial score (nSPS) is 16.7. The number of likely N-dealkylation sites (N-methyl/N-ethyl adjacent to an activating group) is 1. The van der Waals surface area contributed by atoms with Gasteiger partial charge in [-0.15, -0.1) is 0 Å². The molecule has 0 radical (unpaired) electrons. The molecule has 1 aliphatic rings. The average molecular weight is 272 g/mol. The summed E-state index contributed by atoms with van der Waals surface area (Å²) < 4.78 is 0. The van der Waals surface area contributed by atoms with E-state index in [0.29, 0.717) is 0 Å². The third-order valence-corrected chi connectivity index (χ3v) is 3.28. The number of nitrogens with zero attached hydrogens (tertiary/aromatic N) is 2. The van der Waals surface area contributed by atoms with Gasteiger partial charge in [-0.25, -0.2) is 4.79 Å². The Morgan fingerprint density at radius 1 is 1.35 bits per heavy atom. The number of hydrogen-bond donors (Lipinski definition) is 0. The van der Waals surface area contributed by atoms with E-state index in [2.05, 4.69) is 23.2 Å². The Balaban J connectivity index is 1.88. The highest BCUT2D eigenvalue weighted by atomic mass is 16.7. The maximum Gasteiger partial charge on any atom is 0.339 e. The first kappa shape index (κ1) is 14.5. The molecule has 2 rings (SSSR count). The molecule has 0 unspecified atom stereocenters. The van der Waals surface area contributed by atoms with Crippen LogP contribution in [0.3, 0.4) is 0 Å². The lowest BCUT2D eigenvalue weighted by Crippen LogP contribution is -2.28. The number of oxime groups is 1. The molecule has 0 N–H and O–H groups in total. The molecule has 0 saturated carbocycles. The van der Waals surface area contributed by atoms with Crippen LogP contribution in [0.4, 0.5) is 0 Å². The van der Waals surface area contributed by atoms with E-state index >= 15 is 0 Å². The molecule has 0 amide bonds. The summed E-state index contributed by atoms with van der Waals surface area (Å²) in [5.41, 5.74) is 2.84. The molecular weight excluding hydrogens is 252 g/mol. The van der Waals surface area contributed by atoms with Crippen LogP contribution in [-0.4, -0.2) is 36.7 Å². The first-order chi connectivity index (χ1) is 9.65. The van der Waals surface area contributed by atoms with Crippen molar-refractivity contribution in [3.05, 3.63) is 47.5 Å². The molecule has 4 nitrogen and oxygen atoms in total. The standard InChI is InChI=1S/C16H20N2O2/c1-13(15-9-6-10-18(2)12-15)17-20-16(19)11-14-7-4-3-5-8-14/h3-5,7-9H,6,10-12H2,1-2H3/b17-13+. The van der Waals surface area contributed by atoms with Crippen LogP contribution in [0, 0.1) is 0 Å². The Hall–Kier alpha value is -1.94. The maximum absolute atomic E-state index is 11.7. The third-order valence-electron chi connectivity index (χ3n) is 3.28. The molecule has 106 valence electrons. The van der Waals surface area contributed by atoms with E-state index in [-0.39, 0.29) is 12.4 Å². The van der Waals surface area contributed by atoms with Gasteiger partial charge in [0.15, 0.2) is 0 Å². The van der Waals surface area contributed by atoms with Crippen molar-refractivity contribution in [2.75, 3.05) is 20.1 Å². The van der Waals surface area contributed by atoms with E-state index in [1.807, 2.05) is 37.3 Å². The van der Waals surface area contributed by atoms with Crippen molar-refractivity contribution in [2.24, 2.45) is 5.16 Å². The first-order valence-electron chi connectivity index (χ1n) is 6.81. The van der Waals surface area contributed by atoms with Gasteiger partial charge in [0, 0.05) is 13.1 Å². The highest BCUT2D eigenvalue weighted by molar-refractivity contribution is 5.98. The lowest BCUT2D eigenvalue weighted by Gasteiger charge is -2.22. The summed E-state index contributed by atoms with van der Waals surface area (Å²) in [6.07, 6.45) is 3.41. The molecular formula is C16H20N2O2. The lowest BCUT2D eigenvalue weighted by molar-refractivity contribution is -0.142. The molecule has 0 spiro atoms. The van der Waals surface area contributed by atoms with E-state index in [4.69, 9.17) is 4.84 Å². The van der Waals surface area contributed by atoms with Crippen LogP contribution in [0.5, 0.6) is 0 Å².